The summed E-state index contributed by atoms with van der Waals surface area (Å²) in [6.07, 6.45) is 3.85. The van der Waals surface area contributed by atoms with Crippen molar-refractivity contribution in [3.63, 3.8) is 0 Å². The zero-order chi connectivity index (χ0) is 11.7. The molecule has 3 nitrogen and oxygen atoms in total. The van der Waals surface area contributed by atoms with Gasteiger partial charge in [-0.05, 0) is 25.9 Å². The van der Waals surface area contributed by atoms with Crippen molar-refractivity contribution in [2.24, 2.45) is 0 Å². The van der Waals surface area contributed by atoms with E-state index in [0.717, 1.165) is 38.0 Å². The minimum atomic E-state index is -0.204. The summed E-state index contributed by atoms with van der Waals surface area (Å²) >= 11 is 0. The molecule has 0 unspecified atom stereocenters. The van der Waals surface area contributed by atoms with Crippen molar-refractivity contribution < 1.29 is 9.53 Å². The number of ether oxygens (including phenoxy) is 1. The van der Waals surface area contributed by atoms with Crippen LogP contribution >= 0.6 is 0 Å². The predicted octanol–water partition coefficient (Wildman–Crippen LogP) is 2.23. The average Bonchev–Trinajstić information content (AvgIpc) is 2.27. The maximum Gasteiger partial charge on any atom is 0.333 e. The Morgan fingerprint density at radius 3 is 2.40 bits per heavy atom. The first-order valence-electron chi connectivity index (χ1n) is 5.69. The molecule has 0 aliphatic carbocycles. The van der Waals surface area contributed by atoms with E-state index in [1.54, 1.807) is 0 Å². The van der Waals surface area contributed by atoms with Gasteiger partial charge in [0, 0.05) is 12.1 Å². The van der Waals surface area contributed by atoms with E-state index in [1.165, 1.54) is 7.11 Å². The van der Waals surface area contributed by atoms with Crippen LogP contribution in [0.4, 0.5) is 0 Å². The summed E-state index contributed by atoms with van der Waals surface area (Å²) in [5, 5.41) is 0. The highest BCUT2D eigenvalue weighted by Crippen LogP contribution is 2.04. The molecule has 0 atom stereocenters. The Hall–Kier alpha value is -0.830. The zero-order valence-electron chi connectivity index (χ0n) is 10.4. The van der Waals surface area contributed by atoms with Crippen molar-refractivity contribution in [3.8, 4) is 0 Å². The first-order valence-corrected chi connectivity index (χ1v) is 5.69. The van der Waals surface area contributed by atoms with E-state index in [9.17, 15) is 4.79 Å². The van der Waals surface area contributed by atoms with Crippen molar-refractivity contribution in [1.29, 1.82) is 0 Å². The molecule has 0 saturated heterocycles. The lowest BCUT2D eigenvalue weighted by atomic mass is 10.2. The molecule has 0 bridgehead atoms. The standard InChI is InChI=1S/C12H23NO2/c1-5-9-13(7-3)10-8-11(6-2)12(14)15-4/h8H,5-7,9-10H2,1-4H3. The van der Waals surface area contributed by atoms with Crippen LogP contribution < -0.4 is 0 Å². The third-order valence-corrected chi connectivity index (χ3v) is 2.41. The number of carbonyl (C=O) groups excluding carboxylic acids is 1. The minimum Gasteiger partial charge on any atom is -0.466 e. The zero-order valence-corrected chi connectivity index (χ0v) is 10.4. The summed E-state index contributed by atoms with van der Waals surface area (Å²) in [5.74, 6) is -0.204. The highest BCUT2D eigenvalue weighted by molar-refractivity contribution is 5.88. The molecule has 15 heavy (non-hydrogen) atoms. The summed E-state index contributed by atoms with van der Waals surface area (Å²) in [5.41, 5.74) is 0.770. The Balaban J connectivity index is 4.24. The second-order valence-electron chi connectivity index (χ2n) is 3.47. The molecule has 0 radical (unpaired) electrons. The number of esters is 1. The Morgan fingerprint density at radius 2 is 2.00 bits per heavy atom. The van der Waals surface area contributed by atoms with Crippen LogP contribution in [0.1, 0.15) is 33.6 Å². The molecule has 88 valence electrons. The van der Waals surface area contributed by atoms with E-state index >= 15 is 0 Å². The number of rotatable bonds is 7. The van der Waals surface area contributed by atoms with Crippen LogP contribution in [0.3, 0.4) is 0 Å². The van der Waals surface area contributed by atoms with Crippen molar-refractivity contribution in [2.45, 2.75) is 33.6 Å². The van der Waals surface area contributed by atoms with E-state index in [-0.39, 0.29) is 5.97 Å². The van der Waals surface area contributed by atoms with Crippen LogP contribution in [0.15, 0.2) is 11.6 Å². The Bertz CT molecular complexity index is 212. The van der Waals surface area contributed by atoms with E-state index < -0.39 is 0 Å². The molecule has 0 amide bonds. The van der Waals surface area contributed by atoms with Gasteiger partial charge in [-0.3, -0.25) is 4.90 Å². The van der Waals surface area contributed by atoms with Gasteiger partial charge in [-0.1, -0.05) is 26.8 Å². The molecule has 0 spiro atoms. The van der Waals surface area contributed by atoms with Crippen LogP contribution in [0.25, 0.3) is 0 Å². The molecule has 0 aromatic heterocycles. The molecule has 0 heterocycles. The lowest BCUT2D eigenvalue weighted by molar-refractivity contribution is -0.136. The molecule has 0 aliphatic rings. The van der Waals surface area contributed by atoms with Crippen molar-refractivity contribution in [3.05, 3.63) is 11.6 Å². The fourth-order valence-electron chi connectivity index (χ4n) is 1.44. The highest BCUT2D eigenvalue weighted by Gasteiger charge is 2.07. The van der Waals surface area contributed by atoms with Crippen molar-refractivity contribution >= 4 is 5.97 Å². The number of nitrogens with zero attached hydrogens (tertiary/aromatic N) is 1. The summed E-state index contributed by atoms with van der Waals surface area (Å²) in [6, 6.07) is 0. The highest BCUT2D eigenvalue weighted by atomic mass is 16.5. The second-order valence-corrected chi connectivity index (χ2v) is 3.47. The lowest BCUT2D eigenvalue weighted by Crippen LogP contribution is -2.24. The number of carbonyl (C=O) groups is 1. The maximum atomic E-state index is 11.3. The third-order valence-electron chi connectivity index (χ3n) is 2.41. The van der Waals surface area contributed by atoms with E-state index in [0.29, 0.717) is 0 Å². The molecular weight excluding hydrogens is 190 g/mol. The number of likely N-dealkylation sites (N-methyl/N-ethyl adjacent to an activating group) is 1. The van der Waals surface area contributed by atoms with Gasteiger partial charge in [0.05, 0.1) is 7.11 Å². The quantitative estimate of drug-likeness (QED) is 0.480. The lowest BCUT2D eigenvalue weighted by Gasteiger charge is -2.17. The molecule has 3 heteroatoms. The van der Waals surface area contributed by atoms with Gasteiger partial charge in [0.15, 0.2) is 0 Å². The molecule has 0 rings (SSSR count). The Kier molecular flexibility index (Phi) is 8.01. The Labute approximate surface area is 93.1 Å². The van der Waals surface area contributed by atoms with Crippen LogP contribution in [0, 0.1) is 0 Å². The van der Waals surface area contributed by atoms with Gasteiger partial charge in [0.25, 0.3) is 0 Å². The predicted molar refractivity (Wildman–Crippen MR) is 62.8 cm³/mol. The van der Waals surface area contributed by atoms with Gasteiger partial charge in [0.2, 0.25) is 0 Å². The second kappa shape index (κ2) is 8.48. The summed E-state index contributed by atoms with van der Waals surface area (Å²) < 4.78 is 4.70. The van der Waals surface area contributed by atoms with Gasteiger partial charge in [0.1, 0.15) is 0 Å². The molecular formula is C12H23NO2. The average molecular weight is 213 g/mol. The van der Waals surface area contributed by atoms with Crippen LogP contribution in [0.2, 0.25) is 0 Å². The number of hydrogen-bond donors (Lipinski definition) is 0. The van der Waals surface area contributed by atoms with E-state index in [4.69, 9.17) is 4.74 Å². The topological polar surface area (TPSA) is 29.5 Å². The normalized spacial score (nSPS) is 11.9. The molecule has 0 N–H and O–H groups in total. The summed E-state index contributed by atoms with van der Waals surface area (Å²) in [7, 11) is 1.43. The van der Waals surface area contributed by atoms with Crippen molar-refractivity contribution in [2.75, 3.05) is 26.7 Å². The summed E-state index contributed by atoms with van der Waals surface area (Å²) in [4.78, 5) is 13.6. The SMILES string of the molecule is CCCN(CC)CC=C(CC)C(=O)OC. The van der Waals surface area contributed by atoms with Crippen LogP contribution in [-0.4, -0.2) is 37.6 Å². The van der Waals surface area contributed by atoms with Crippen molar-refractivity contribution in [1.82, 2.24) is 4.90 Å². The largest absolute Gasteiger partial charge is 0.466 e. The van der Waals surface area contributed by atoms with E-state index in [1.807, 2.05) is 13.0 Å². The number of methoxy groups -OCH3 is 1. The summed E-state index contributed by atoms with van der Waals surface area (Å²) in [6.45, 7) is 9.19. The number of hydrogen-bond acceptors (Lipinski definition) is 3. The maximum absolute atomic E-state index is 11.3. The van der Waals surface area contributed by atoms with Gasteiger partial charge >= 0.3 is 5.97 Å². The molecule has 0 aliphatic heterocycles. The molecule has 0 aromatic carbocycles. The molecule has 0 aromatic rings. The van der Waals surface area contributed by atoms with Crippen LogP contribution in [0.5, 0.6) is 0 Å². The monoisotopic (exact) mass is 213 g/mol. The Morgan fingerprint density at radius 1 is 1.33 bits per heavy atom. The van der Waals surface area contributed by atoms with Gasteiger partial charge in [-0.15, -0.1) is 0 Å². The van der Waals surface area contributed by atoms with Gasteiger partial charge < -0.3 is 4.74 Å². The van der Waals surface area contributed by atoms with E-state index in [2.05, 4.69) is 18.7 Å². The van der Waals surface area contributed by atoms with Crippen LogP contribution in [-0.2, 0) is 9.53 Å². The molecule has 0 saturated carbocycles. The van der Waals surface area contributed by atoms with Gasteiger partial charge in [-0.25, -0.2) is 4.79 Å². The first kappa shape index (κ1) is 14.2. The fraction of sp³-hybridized carbons (Fsp3) is 0.750. The first-order chi connectivity index (χ1) is 7.19. The molecule has 0 fully saturated rings. The van der Waals surface area contributed by atoms with Gasteiger partial charge in [-0.2, -0.15) is 0 Å². The smallest absolute Gasteiger partial charge is 0.333 e. The third kappa shape index (κ3) is 5.57. The fourth-order valence-corrected chi connectivity index (χ4v) is 1.44. The minimum absolute atomic E-state index is 0.204.